The Balaban J connectivity index is 1.93. The van der Waals surface area contributed by atoms with Gasteiger partial charge in [-0.25, -0.2) is 15.0 Å². The number of aryl methyl sites for hydroxylation is 2. The zero-order chi connectivity index (χ0) is 19.8. The maximum absolute atomic E-state index is 13.7. The SMILES string of the molecule is Cc1ccc2c(C(=O)N3[C@H](C)CCC[C@@H]3C)cc(-c3cncnc3)nc2c1C. The molecule has 0 saturated carbocycles. The molecule has 1 amide bonds. The molecule has 28 heavy (non-hydrogen) atoms. The Hall–Kier alpha value is -2.82. The first-order valence-corrected chi connectivity index (χ1v) is 9.96. The molecule has 0 spiro atoms. The molecule has 0 unspecified atom stereocenters. The molecule has 1 aromatic carbocycles. The summed E-state index contributed by atoms with van der Waals surface area (Å²) in [6.07, 6.45) is 8.27. The number of hydrogen-bond donors (Lipinski definition) is 0. The Kier molecular flexibility index (Phi) is 4.84. The van der Waals surface area contributed by atoms with Crippen molar-refractivity contribution in [2.75, 3.05) is 0 Å². The van der Waals surface area contributed by atoms with Crippen LogP contribution in [0.25, 0.3) is 22.2 Å². The third-order valence-electron chi connectivity index (χ3n) is 6.02. The second kappa shape index (κ2) is 7.30. The van der Waals surface area contributed by atoms with Gasteiger partial charge >= 0.3 is 0 Å². The molecule has 0 radical (unpaired) electrons. The number of likely N-dealkylation sites (tertiary alicyclic amines) is 1. The molecule has 3 aromatic rings. The summed E-state index contributed by atoms with van der Waals surface area (Å²) in [5.41, 5.74) is 5.42. The highest BCUT2D eigenvalue weighted by atomic mass is 16.2. The van der Waals surface area contributed by atoms with Crippen LogP contribution in [0.15, 0.2) is 36.9 Å². The van der Waals surface area contributed by atoms with E-state index < -0.39 is 0 Å². The van der Waals surface area contributed by atoms with Gasteiger partial charge in [0.1, 0.15) is 6.33 Å². The van der Waals surface area contributed by atoms with Gasteiger partial charge in [-0.2, -0.15) is 0 Å². The normalized spacial score (nSPS) is 19.8. The van der Waals surface area contributed by atoms with Crippen LogP contribution in [0.4, 0.5) is 0 Å². The minimum Gasteiger partial charge on any atom is -0.333 e. The van der Waals surface area contributed by atoms with Crippen molar-refractivity contribution in [1.82, 2.24) is 19.9 Å². The summed E-state index contributed by atoms with van der Waals surface area (Å²) in [6.45, 7) is 8.44. The first kappa shape index (κ1) is 18.5. The van der Waals surface area contributed by atoms with Gasteiger partial charge in [0.2, 0.25) is 0 Å². The van der Waals surface area contributed by atoms with Crippen LogP contribution in [0.1, 0.15) is 54.6 Å². The van der Waals surface area contributed by atoms with E-state index >= 15 is 0 Å². The molecular formula is C23H26N4O. The Labute approximate surface area is 165 Å². The van der Waals surface area contributed by atoms with Crippen molar-refractivity contribution in [3.05, 3.63) is 53.6 Å². The molecule has 2 aromatic heterocycles. The van der Waals surface area contributed by atoms with Gasteiger partial charge in [0.25, 0.3) is 5.91 Å². The molecule has 1 aliphatic rings. The molecule has 5 heteroatoms. The number of benzene rings is 1. The van der Waals surface area contributed by atoms with Gasteiger partial charge in [0, 0.05) is 35.4 Å². The van der Waals surface area contributed by atoms with E-state index in [2.05, 4.69) is 48.6 Å². The summed E-state index contributed by atoms with van der Waals surface area (Å²) < 4.78 is 0. The van der Waals surface area contributed by atoms with Gasteiger partial charge in [-0.15, -0.1) is 0 Å². The van der Waals surface area contributed by atoms with E-state index in [9.17, 15) is 4.79 Å². The third kappa shape index (κ3) is 3.15. The minimum atomic E-state index is 0.0912. The molecule has 0 aliphatic carbocycles. The number of hydrogen-bond acceptors (Lipinski definition) is 4. The maximum atomic E-state index is 13.7. The van der Waals surface area contributed by atoms with E-state index in [1.54, 1.807) is 12.4 Å². The lowest BCUT2D eigenvalue weighted by Crippen LogP contribution is -2.47. The zero-order valence-electron chi connectivity index (χ0n) is 16.9. The Morgan fingerprint density at radius 2 is 1.75 bits per heavy atom. The summed E-state index contributed by atoms with van der Waals surface area (Å²) in [6, 6.07) is 6.50. The molecule has 144 valence electrons. The molecule has 0 bridgehead atoms. The van der Waals surface area contributed by atoms with Gasteiger partial charge in [0.15, 0.2) is 0 Å². The Morgan fingerprint density at radius 1 is 1.07 bits per heavy atom. The van der Waals surface area contributed by atoms with Gasteiger partial charge in [0.05, 0.1) is 16.8 Å². The average Bonchev–Trinajstić information content (AvgIpc) is 2.70. The summed E-state index contributed by atoms with van der Waals surface area (Å²) in [5, 5.41) is 0.915. The highest BCUT2D eigenvalue weighted by Crippen LogP contribution is 2.31. The molecule has 5 nitrogen and oxygen atoms in total. The van der Waals surface area contributed by atoms with Crippen LogP contribution in [0, 0.1) is 13.8 Å². The average molecular weight is 374 g/mol. The predicted octanol–water partition coefficient (Wildman–Crippen LogP) is 4.71. The van der Waals surface area contributed by atoms with E-state index in [-0.39, 0.29) is 18.0 Å². The molecule has 4 rings (SSSR count). The van der Waals surface area contributed by atoms with Crippen molar-refractivity contribution in [2.45, 2.75) is 59.0 Å². The number of pyridine rings is 1. The Morgan fingerprint density at radius 3 is 2.43 bits per heavy atom. The monoisotopic (exact) mass is 374 g/mol. The van der Waals surface area contributed by atoms with E-state index in [4.69, 9.17) is 4.98 Å². The van der Waals surface area contributed by atoms with Crippen LogP contribution in [0.3, 0.4) is 0 Å². The topological polar surface area (TPSA) is 59.0 Å². The summed E-state index contributed by atoms with van der Waals surface area (Å²) in [5.74, 6) is 0.0912. The number of fused-ring (bicyclic) bond motifs is 1. The molecule has 1 aliphatic heterocycles. The lowest BCUT2D eigenvalue weighted by molar-refractivity contribution is 0.0513. The molecule has 1 fully saturated rings. The quantitative estimate of drug-likeness (QED) is 0.652. The Bertz CT molecular complexity index is 1020. The molecule has 0 N–H and O–H groups in total. The summed E-state index contributed by atoms with van der Waals surface area (Å²) in [4.78, 5) is 28.9. The van der Waals surface area contributed by atoms with E-state index in [0.717, 1.165) is 40.6 Å². The van der Waals surface area contributed by atoms with Crippen molar-refractivity contribution >= 4 is 16.8 Å². The van der Waals surface area contributed by atoms with Crippen LogP contribution < -0.4 is 0 Å². The summed E-state index contributed by atoms with van der Waals surface area (Å²) >= 11 is 0. The fourth-order valence-corrected chi connectivity index (χ4v) is 4.25. The maximum Gasteiger partial charge on any atom is 0.255 e. The van der Waals surface area contributed by atoms with Crippen LogP contribution in [-0.4, -0.2) is 37.8 Å². The third-order valence-corrected chi connectivity index (χ3v) is 6.02. The van der Waals surface area contributed by atoms with Crippen LogP contribution in [0.2, 0.25) is 0 Å². The van der Waals surface area contributed by atoms with Crippen molar-refractivity contribution in [1.29, 1.82) is 0 Å². The van der Waals surface area contributed by atoms with E-state index in [1.807, 2.05) is 12.1 Å². The highest BCUT2D eigenvalue weighted by molar-refractivity contribution is 6.08. The lowest BCUT2D eigenvalue weighted by Gasteiger charge is -2.39. The van der Waals surface area contributed by atoms with Gasteiger partial charge in [-0.3, -0.25) is 4.79 Å². The van der Waals surface area contributed by atoms with Crippen LogP contribution in [0.5, 0.6) is 0 Å². The van der Waals surface area contributed by atoms with Crippen LogP contribution >= 0.6 is 0 Å². The number of nitrogens with zero attached hydrogens (tertiary/aromatic N) is 4. The minimum absolute atomic E-state index is 0.0912. The number of rotatable bonds is 2. The second-order valence-corrected chi connectivity index (χ2v) is 7.93. The van der Waals surface area contributed by atoms with Gasteiger partial charge < -0.3 is 4.90 Å². The van der Waals surface area contributed by atoms with Crippen LogP contribution in [-0.2, 0) is 0 Å². The number of amides is 1. The molecular weight excluding hydrogens is 348 g/mol. The zero-order valence-corrected chi connectivity index (χ0v) is 16.9. The first-order chi connectivity index (χ1) is 13.5. The number of carbonyl (C=O) groups excluding carboxylic acids is 1. The lowest BCUT2D eigenvalue weighted by atomic mass is 9.94. The first-order valence-electron chi connectivity index (χ1n) is 9.96. The fourth-order valence-electron chi connectivity index (χ4n) is 4.25. The van der Waals surface area contributed by atoms with Crippen molar-refractivity contribution in [2.24, 2.45) is 0 Å². The number of piperidine rings is 1. The molecule has 2 atom stereocenters. The highest BCUT2D eigenvalue weighted by Gasteiger charge is 2.31. The van der Waals surface area contributed by atoms with Crippen molar-refractivity contribution < 1.29 is 4.79 Å². The van der Waals surface area contributed by atoms with E-state index in [1.165, 1.54) is 18.3 Å². The van der Waals surface area contributed by atoms with Gasteiger partial charge in [-0.1, -0.05) is 12.1 Å². The number of carbonyl (C=O) groups is 1. The molecule has 1 saturated heterocycles. The largest absolute Gasteiger partial charge is 0.333 e. The second-order valence-electron chi connectivity index (χ2n) is 7.93. The standard InChI is InChI=1S/C23H26N4O/c1-14-8-9-19-20(23(28)27-15(2)6-5-7-16(27)3)10-21(26-22(19)17(14)4)18-11-24-13-25-12-18/h8-13,15-16H,5-7H2,1-4H3/t15-,16+. The van der Waals surface area contributed by atoms with Crippen molar-refractivity contribution in [3.8, 4) is 11.3 Å². The smallest absolute Gasteiger partial charge is 0.255 e. The van der Waals surface area contributed by atoms with Gasteiger partial charge in [-0.05, 0) is 64.2 Å². The summed E-state index contributed by atoms with van der Waals surface area (Å²) in [7, 11) is 0. The fraction of sp³-hybridized carbons (Fsp3) is 0.391. The van der Waals surface area contributed by atoms with E-state index in [0.29, 0.717) is 5.56 Å². The van der Waals surface area contributed by atoms with Crippen molar-refractivity contribution in [3.63, 3.8) is 0 Å². The number of aromatic nitrogens is 3. The molecule has 3 heterocycles. The predicted molar refractivity (Wildman–Crippen MR) is 111 cm³/mol.